The number of hydrogen-bond acceptors (Lipinski definition) is 2. The zero-order chi connectivity index (χ0) is 7.72. The van der Waals surface area contributed by atoms with Gasteiger partial charge in [-0.3, -0.25) is 0 Å². The van der Waals surface area contributed by atoms with E-state index in [9.17, 15) is 0 Å². The van der Waals surface area contributed by atoms with Crippen LogP contribution in [0.5, 0.6) is 0 Å². The second kappa shape index (κ2) is 3.65. The molecule has 0 bridgehead atoms. The van der Waals surface area contributed by atoms with E-state index in [2.05, 4.69) is 0 Å². The molecule has 0 amide bonds. The number of hydrogen-bond donors (Lipinski definition) is 0. The van der Waals surface area contributed by atoms with Crippen LogP contribution in [0.1, 0.15) is 0 Å². The molecule has 0 aromatic heterocycles. The highest BCUT2D eigenvalue weighted by Crippen LogP contribution is 2.28. The maximum absolute atomic E-state index is 5.51. The average Bonchev–Trinajstić information content (AvgIpc) is 1.84. The van der Waals surface area contributed by atoms with E-state index in [-0.39, 0.29) is 0 Å². The van der Waals surface area contributed by atoms with Gasteiger partial charge in [0.1, 0.15) is 0 Å². The fraction of sp³-hybridized carbons (Fsp3) is 1.00. The van der Waals surface area contributed by atoms with Crippen LogP contribution < -0.4 is 0 Å². The Morgan fingerprint density at radius 3 is 1.00 bits per heavy atom. The third-order valence-corrected chi connectivity index (χ3v) is 2.52. The molecule has 1 fully saturated rings. The second-order valence-corrected chi connectivity index (χ2v) is 3.40. The topological polar surface area (TPSA) is 18.5 Å². The molecule has 10 heavy (non-hydrogen) atoms. The predicted octanol–water partition coefficient (Wildman–Crippen LogP) is 2.29. The summed E-state index contributed by atoms with van der Waals surface area (Å²) in [6.45, 7) is 0. The third kappa shape index (κ3) is 2.03. The van der Waals surface area contributed by atoms with Crippen molar-refractivity contribution in [3.8, 4) is 0 Å². The van der Waals surface area contributed by atoms with Crippen molar-refractivity contribution < 1.29 is 9.47 Å². The Hall–Kier alpha value is 1.08. The maximum Gasteiger partial charge on any atom is 0.173 e. The van der Waals surface area contributed by atoms with Gasteiger partial charge in [0.25, 0.3) is 0 Å². The smallest absolute Gasteiger partial charge is 0.173 e. The molecule has 4 unspecified atom stereocenters. The van der Waals surface area contributed by atoms with Crippen LogP contribution in [0.4, 0.5) is 0 Å². The molecule has 2 nitrogen and oxygen atoms in total. The molecule has 1 rings (SSSR count). The fourth-order valence-corrected chi connectivity index (χ4v) is 1.28. The minimum absolute atomic E-state index is 0.737. The molecular formula is C4H4Cl4O2. The summed E-state index contributed by atoms with van der Waals surface area (Å²) in [5.41, 5.74) is -2.95. The van der Waals surface area contributed by atoms with E-state index in [1.54, 1.807) is 0 Å². The largest absolute Gasteiger partial charge is 0.335 e. The highest BCUT2D eigenvalue weighted by atomic mass is 35.5. The lowest BCUT2D eigenvalue weighted by Crippen LogP contribution is -2.39. The normalized spacial score (nSPS) is 49.2. The second-order valence-electron chi connectivity index (χ2n) is 1.68. The molecule has 0 aliphatic carbocycles. The first-order chi connectivity index (χ1) is 4.61. The predicted molar refractivity (Wildman–Crippen MR) is 40.7 cm³/mol. The summed E-state index contributed by atoms with van der Waals surface area (Å²) in [5, 5.41) is 0. The van der Waals surface area contributed by atoms with Crippen LogP contribution in [0.15, 0.2) is 0 Å². The van der Waals surface area contributed by atoms with Gasteiger partial charge in [0.2, 0.25) is 0 Å². The molecular weight excluding hydrogens is 222 g/mol. The summed E-state index contributed by atoms with van der Waals surface area (Å²) in [4.78, 5) is 0. The highest BCUT2D eigenvalue weighted by Gasteiger charge is 2.34. The first-order valence-electron chi connectivity index (χ1n) is 2.48. The molecule has 0 radical (unpaired) electrons. The minimum atomic E-state index is -0.737. The van der Waals surface area contributed by atoms with E-state index < -0.39 is 22.3 Å². The number of alkyl halides is 4. The molecule has 0 spiro atoms. The van der Waals surface area contributed by atoms with Crippen molar-refractivity contribution in [1.82, 2.24) is 0 Å². The number of ether oxygens (including phenoxy) is 2. The van der Waals surface area contributed by atoms with E-state index in [0.717, 1.165) is 0 Å². The van der Waals surface area contributed by atoms with Crippen molar-refractivity contribution in [3.63, 3.8) is 0 Å². The lowest BCUT2D eigenvalue weighted by atomic mass is 10.6. The molecule has 1 aliphatic rings. The summed E-state index contributed by atoms with van der Waals surface area (Å²) < 4.78 is 9.71. The van der Waals surface area contributed by atoms with Gasteiger partial charge in [0, 0.05) is 0 Å². The maximum atomic E-state index is 5.51. The van der Waals surface area contributed by atoms with Gasteiger partial charge in [-0.05, 0) is 0 Å². The van der Waals surface area contributed by atoms with Gasteiger partial charge in [-0.15, -0.1) is 0 Å². The third-order valence-electron chi connectivity index (χ3n) is 0.932. The zero-order valence-electron chi connectivity index (χ0n) is 4.64. The van der Waals surface area contributed by atoms with Gasteiger partial charge in [0.15, 0.2) is 22.3 Å². The van der Waals surface area contributed by atoms with Crippen LogP contribution in [0.25, 0.3) is 0 Å². The summed E-state index contributed by atoms with van der Waals surface area (Å²) >= 11 is 22.0. The van der Waals surface area contributed by atoms with Gasteiger partial charge in [-0.2, -0.15) is 0 Å². The SMILES string of the molecule is ClC1OC(Cl)C(Cl)OC1Cl. The van der Waals surface area contributed by atoms with Crippen LogP contribution in [-0.4, -0.2) is 22.3 Å². The van der Waals surface area contributed by atoms with Gasteiger partial charge >= 0.3 is 0 Å². The fourth-order valence-electron chi connectivity index (χ4n) is 0.495. The van der Waals surface area contributed by atoms with Crippen molar-refractivity contribution in [2.45, 2.75) is 22.3 Å². The highest BCUT2D eigenvalue weighted by molar-refractivity contribution is 6.31. The summed E-state index contributed by atoms with van der Waals surface area (Å²) in [7, 11) is 0. The molecule has 1 saturated heterocycles. The molecule has 60 valence electrons. The molecule has 4 atom stereocenters. The van der Waals surface area contributed by atoms with E-state index >= 15 is 0 Å². The summed E-state index contributed by atoms with van der Waals surface area (Å²) in [6, 6.07) is 0. The van der Waals surface area contributed by atoms with Gasteiger partial charge in [-0.25, -0.2) is 0 Å². The van der Waals surface area contributed by atoms with E-state index in [0.29, 0.717) is 0 Å². The Bertz CT molecular complexity index is 95.8. The molecule has 0 aromatic carbocycles. The molecule has 1 aliphatic heterocycles. The van der Waals surface area contributed by atoms with Crippen molar-refractivity contribution in [2.24, 2.45) is 0 Å². The molecule has 0 N–H and O–H groups in total. The zero-order valence-corrected chi connectivity index (χ0v) is 7.66. The Kier molecular flexibility index (Phi) is 3.35. The lowest BCUT2D eigenvalue weighted by Gasteiger charge is -2.30. The Balaban J connectivity index is 2.46. The first-order valence-corrected chi connectivity index (χ1v) is 4.23. The van der Waals surface area contributed by atoms with E-state index in [1.165, 1.54) is 0 Å². The summed E-state index contributed by atoms with van der Waals surface area (Å²) in [6.07, 6.45) is 0. The molecule has 1 heterocycles. The van der Waals surface area contributed by atoms with Gasteiger partial charge < -0.3 is 9.47 Å². The Labute approximate surface area is 78.3 Å². The van der Waals surface area contributed by atoms with Crippen LogP contribution in [0, 0.1) is 0 Å². The lowest BCUT2D eigenvalue weighted by molar-refractivity contribution is -0.109. The summed E-state index contributed by atoms with van der Waals surface area (Å²) in [5.74, 6) is 0. The minimum Gasteiger partial charge on any atom is -0.335 e. The van der Waals surface area contributed by atoms with Crippen molar-refractivity contribution in [2.75, 3.05) is 0 Å². The Morgan fingerprint density at radius 2 is 0.800 bits per heavy atom. The van der Waals surface area contributed by atoms with Crippen LogP contribution in [0.2, 0.25) is 0 Å². The van der Waals surface area contributed by atoms with E-state index in [1.807, 2.05) is 0 Å². The van der Waals surface area contributed by atoms with Crippen LogP contribution >= 0.6 is 46.4 Å². The average molecular weight is 226 g/mol. The van der Waals surface area contributed by atoms with Gasteiger partial charge in [0.05, 0.1) is 0 Å². The van der Waals surface area contributed by atoms with E-state index in [4.69, 9.17) is 55.9 Å². The molecule has 0 saturated carbocycles. The van der Waals surface area contributed by atoms with Crippen molar-refractivity contribution in [1.29, 1.82) is 0 Å². The first kappa shape index (κ1) is 9.17. The standard InChI is InChI=1S/C4H4Cl4O2/c5-1-2(6)10-4(8)3(7)9-1/h1-4H. The van der Waals surface area contributed by atoms with Crippen molar-refractivity contribution in [3.05, 3.63) is 0 Å². The van der Waals surface area contributed by atoms with Crippen molar-refractivity contribution >= 4 is 46.4 Å². The number of halogens is 4. The molecule has 6 heteroatoms. The van der Waals surface area contributed by atoms with Crippen LogP contribution in [0.3, 0.4) is 0 Å². The number of rotatable bonds is 0. The quantitative estimate of drug-likeness (QED) is 0.590. The van der Waals surface area contributed by atoms with Gasteiger partial charge in [-0.1, -0.05) is 46.4 Å². The monoisotopic (exact) mass is 224 g/mol. The Morgan fingerprint density at radius 1 is 0.600 bits per heavy atom. The molecule has 0 aromatic rings. The van der Waals surface area contributed by atoms with Crippen LogP contribution in [-0.2, 0) is 9.47 Å².